The number of aromatic nitrogens is 3. The smallest absolute Gasteiger partial charge is 0.249 e. The molecule has 1 unspecified atom stereocenters. The molecule has 1 aliphatic heterocycles. The Morgan fingerprint density at radius 3 is 2.95 bits per heavy atom. The molecule has 9 heteroatoms. The van der Waals surface area contributed by atoms with E-state index >= 15 is 0 Å². The lowest BCUT2D eigenvalue weighted by atomic mass is 10.2. The lowest BCUT2D eigenvalue weighted by molar-refractivity contribution is -0.149. The standard InChI is InChI=1S/C10H14N6O3/c1-6-10(19)12-8(17)4-16(6)9(18)5-15-3-7(2-11)13-14-15/h3,6H,2,4-5,11H2,1H3,(H,12,17,19). The fourth-order valence-electron chi connectivity index (χ4n) is 1.76. The highest BCUT2D eigenvalue weighted by Gasteiger charge is 2.33. The predicted octanol–water partition coefficient (Wildman–Crippen LogP) is -2.39. The highest BCUT2D eigenvalue weighted by molar-refractivity contribution is 6.04. The van der Waals surface area contributed by atoms with E-state index in [2.05, 4.69) is 15.6 Å². The van der Waals surface area contributed by atoms with E-state index in [1.165, 1.54) is 9.58 Å². The fraction of sp³-hybridized carbons (Fsp3) is 0.500. The molecule has 0 aromatic carbocycles. The second-order valence-electron chi connectivity index (χ2n) is 4.22. The Balaban J connectivity index is 2.06. The van der Waals surface area contributed by atoms with Crippen LogP contribution in [0.5, 0.6) is 0 Å². The van der Waals surface area contributed by atoms with E-state index in [0.717, 1.165) is 0 Å². The maximum atomic E-state index is 12.0. The molecule has 0 aliphatic carbocycles. The molecule has 19 heavy (non-hydrogen) atoms. The lowest BCUT2D eigenvalue weighted by Crippen LogP contribution is -2.59. The summed E-state index contributed by atoms with van der Waals surface area (Å²) in [5.41, 5.74) is 5.95. The van der Waals surface area contributed by atoms with E-state index in [4.69, 9.17) is 5.73 Å². The van der Waals surface area contributed by atoms with Crippen LogP contribution >= 0.6 is 0 Å². The summed E-state index contributed by atoms with van der Waals surface area (Å²) in [6.45, 7) is 1.57. The van der Waals surface area contributed by atoms with Crippen molar-refractivity contribution in [3.8, 4) is 0 Å². The molecular weight excluding hydrogens is 252 g/mol. The Labute approximate surface area is 108 Å². The van der Waals surface area contributed by atoms with Crippen molar-refractivity contribution in [1.82, 2.24) is 25.2 Å². The number of nitrogens with two attached hydrogens (primary N) is 1. The van der Waals surface area contributed by atoms with Crippen molar-refractivity contribution in [3.05, 3.63) is 11.9 Å². The van der Waals surface area contributed by atoms with E-state index in [1.54, 1.807) is 13.1 Å². The van der Waals surface area contributed by atoms with Crippen molar-refractivity contribution in [1.29, 1.82) is 0 Å². The molecule has 9 nitrogen and oxygen atoms in total. The molecule has 1 aromatic rings. The summed E-state index contributed by atoms with van der Waals surface area (Å²) >= 11 is 0. The molecule has 1 fully saturated rings. The third-order valence-corrected chi connectivity index (χ3v) is 2.84. The van der Waals surface area contributed by atoms with Crippen LogP contribution < -0.4 is 11.1 Å². The molecule has 0 radical (unpaired) electrons. The summed E-state index contributed by atoms with van der Waals surface area (Å²) in [7, 11) is 0. The van der Waals surface area contributed by atoms with Crippen molar-refractivity contribution < 1.29 is 14.4 Å². The molecule has 1 atom stereocenters. The van der Waals surface area contributed by atoms with Crippen molar-refractivity contribution >= 4 is 17.7 Å². The van der Waals surface area contributed by atoms with Crippen LogP contribution in [0, 0.1) is 0 Å². The Kier molecular flexibility index (Phi) is 3.56. The maximum Gasteiger partial charge on any atom is 0.249 e. The third kappa shape index (κ3) is 2.76. The van der Waals surface area contributed by atoms with Crippen molar-refractivity contribution in [2.45, 2.75) is 26.1 Å². The van der Waals surface area contributed by atoms with Gasteiger partial charge in [-0.15, -0.1) is 5.10 Å². The number of rotatable bonds is 3. The zero-order valence-electron chi connectivity index (χ0n) is 10.4. The van der Waals surface area contributed by atoms with Crippen LogP contribution in [0.15, 0.2) is 6.20 Å². The first-order valence-corrected chi connectivity index (χ1v) is 5.73. The van der Waals surface area contributed by atoms with Gasteiger partial charge in [-0.1, -0.05) is 5.21 Å². The predicted molar refractivity (Wildman–Crippen MR) is 62.2 cm³/mol. The summed E-state index contributed by atoms with van der Waals surface area (Å²) in [5, 5.41) is 9.66. The van der Waals surface area contributed by atoms with Crippen LogP contribution in [-0.4, -0.2) is 50.2 Å². The summed E-state index contributed by atoms with van der Waals surface area (Å²) in [6.07, 6.45) is 1.55. The second kappa shape index (κ2) is 5.14. The van der Waals surface area contributed by atoms with E-state index in [9.17, 15) is 14.4 Å². The highest BCUT2D eigenvalue weighted by atomic mass is 16.2. The Hall–Kier alpha value is -2.29. The van der Waals surface area contributed by atoms with Crippen LogP contribution in [0.1, 0.15) is 12.6 Å². The topological polar surface area (TPSA) is 123 Å². The minimum Gasteiger partial charge on any atom is -0.325 e. The fourth-order valence-corrected chi connectivity index (χ4v) is 1.76. The Morgan fingerprint density at radius 1 is 1.58 bits per heavy atom. The van der Waals surface area contributed by atoms with Gasteiger partial charge in [-0.3, -0.25) is 19.7 Å². The second-order valence-corrected chi connectivity index (χ2v) is 4.22. The quantitative estimate of drug-likeness (QED) is 0.588. The number of nitrogens with one attached hydrogen (secondary N) is 1. The molecule has 102 valence electrons. The molecule has 3 amide bonds. The van der Waals surface area contributed by atoms with Gasteiger partial charge in [0.2, 0.25) is 17.7 Å². The average Bonchev–Trinajstić information content (AvgIpc) is 2.81. The average molecular weight is 266 g/mol. The first-order chi connectivity index (χ1) is 9.01. The normalized spacial score (nSPS) is 19.5. The molecular formula is C10H14N6O3. The van der Waals surface area contributed by atoms with Crippen molar-refractivity contribution in [3.63, 3.8) is 0 Å². The zero-order chi connectivity index (χ0) is 14.0. The summed E-state index contributed by atoms with van der Waals surface area (Å²) in [6, 6.07) is -0.678. The molecule has 0 saturated carbocycles. The molecule has 1 aromatic heterocycles. The minimum absolute atomic E-state index is 0.0854. The SMILES string of the molecule is CC1C(=O)NC(=O)CN1C(=O)Cn1cc(CN)nn1. The van der Waals surface area contributed by atoms with E-state index < -0.39 is 17.9 Å². The molecule has 0 bridgehead atoms. The monoisotopic (exact) mass is 266 g/mol. The van der Waals surface area contributed by atoms with Gasteiger partial charge in [-0.2, -0.15) is 0 Å². The van der Waals surface area contributed by atoms with Crippen molar-refractivity contribution in [2.75, 3.05) is 6.54 Å². The molecule has 2 rings (SSSR count). The molecule has 0 spiro atoms. The first kappa shape index (κ1) is 13.1. The molecule has 1 aliphatic rings. The van der Waals surface area contributed by atoms with Crippen LogP contribution in [0.4, 0.5) is 0 Å². The largest absolute Gasteiger partial charge is 0.325 e. The van der Waals surface area contributed by atoms with Gasteiger partial charge in [-0.05, 0) is 6.92 Å². The van der Waals surface area contributed by atoms with Crippen LogP contribution in [-0.2, 0) is 27.5 Å². The van der Waals surface area contributed by atoms with Gasteiger partial charge < -0.3 is 10.6 Å². The number of nitrogens with zero attached hydrogens (tertiary/aromatic N) is 4. The molecule has 1 saturated heterocycles. The van der Waals surface area contributed by atoms with Crippen molar-refractivity contribution in [2.24, 2.45) is 5.73 Å². The van der Waals surface area contributed by atoms with Crippen LogP contribution in [0.2, 0.25) is 0 Å². The molecule has 2 heterocycles. The number of imide groups is 1. The van der Waals surface area contributed by atoms with Gasteiger partial charge >= 0.3 is 0 Å². The Morgan fingerprint density at radius 2 is 2.32 bits per heavy atom. The Bertz CT molecular complexity index is 525. The van der Waals surface area contributed by atoms with Gasteiger partial charge in [0, 0.05) is 6.54 Å². The van der Waals surface area contributed by atoms with Gasteiger partial charge in [0.15, 0.2) is 0 Å². The first-order valence-electron chi connectivity index (χ1n) is 5.73. The van der Waals surface area contributed by atoms with Crippen LogP contribution in [0.25, 0.3) is 0 Å². The number of hydrogen-bond donors (Lipinski definition) is 2. The highest BCUT2D eigenvalue weighted by Crippen LogP contribution is 2.06. The molecule has 3 N–H and O–H groups in total. The van der Waals surface area contributed by atoms with Gasteiger partial charge in [0.25, 0.3) is 0 Å². The summed E-state index contributed by atoms with van der Waals surface area (Å²) < 4.78 is 1.33. The zero-order valence-corrected chi connectivity index (χ0v) is 10.4. The number of carbonyl (C=O) groups excluding carboxylic acids is 3. The lowest BCUT2D eigenvalue weighted by Gasteiger charge is -2.31. The van der Waals surface area contributed by atoms with E-state index in [-0.39, 0.29) is 25.5 Å². The van der Waals surface area contributed by atoms with Gasteiger partial charge in [-0.25, -0.2) is 4.68 Å². The number of carbonyl (C=O) groups is 3. The summed E-state index contributed by atoms with van der Waals surface area (Å²) in [5.74, 6) is -1.34. The van der Waals surface area contributed by atoms with E-state index in [0.29, 0.717) is 5.69 Å². The minimum atomic E-state index is -0.678. The van der Waals surface area contributed by atoms with Crippen LogP contribution in [0.3, 0.4) is 0 Å². The van der Waals surface area contributed by atoms with Gasteiger partial charge in [0.1, 0.15) is 19.1 Å². The third-order valence-electron chi connectivity index (χ3n) is 2.84. The number of amides is 3. The summed E-state index contributed by atoms with van der Waals surface area (Å²) in [4.78, 5) is 36.0. The number of piperazine rings is 1. The van der Waals surface area contributed by atoms with E-state index in [1.807, 2.05) is 0 Å². The van der Waals surface area contributed by atoms with Gasteiger partial charge in [0.05, 0.1) is 11.9 Å². The number of hydrogen-bond acceptors (Lipinski definition) is 6. The maximum absolute atomic E-state index is 12.0.